The zero-order chi connectivity index (χ0) is 19.5. The van der Waals surface area contributed by atoms with Crippen LogP contribution in [-0.2, 0) is 11.3 Å². The second kappa shape index (κ2) is 7.90. The summed E-state index contributed by atoms with van der Waals surface area (Å²) in [7, 11) is 0. The Morgan fingerprint density at radius 1 is 1.18 bits per heavy atom. The fourth-order valence-electron chi connectivity index (χ4n) is 3.21. The fourth-order valence-corrected chi connectivity index (χ4v) is 4.33. The number of hydrogen-bond donors (Lipinski definition) is 1. The second-order valence-electron chi connectivity index (χ2n) is 6.54. The maximum Gasteiger partial charge on any atom is 0.255 e. The largest absolute Gasteiger partial charge is 0.360 e. The summed E-state index contributed by atoms with van der Waals surface area (Å²) < 4.78 is 4.96. The van der Waals surface area contributed by atoms with Gasteiger partial charge in [0.05, 0.1) is 5.75 Å². The van der Waals surface area contributed by atoms with Gasteiger partial charge in [0.2, 0.25) is 5.91 Å². The molecule has 1 aliphatic rings. The van der Waals surface area contributed by atoms with Crippen LogP contribution in [0.4, 0.5) is 5.82 Å². The van der Waals surface area contributed by atoms with Crippen LogP contribution in [0.25, 0.3) is 0 Å². The summed E-state index contributed by atoms with van der Waals surface area (Å²) in [5.74, 6) is 1.03. The normalized spacial score (nSPS) is 15.5. The average molecular weight is 393 g/mol. The third-order valence-electron chi connectivity index (χ3n) is 4.46. The molecule has 0 radical (unpaired) electrons. The Bertz CT molecular complexity index is 1000. The highest BCUT2D eigenvalue weighted by Gasteiger charge is 2.36. The topological polar surface area (TPSA) is 75.4 Å². The molecule has 0 aliphatic carbocycles. The van der Waals surface area contributed by atoms with Gasteiger partial charge in [-0.1, -0.05) is 53.7 Å². The number of rotatable bonds is 6. The number of aryl methyl sites for hydroxylation is 1. The van der Waals surface area contributed by atoms with Crippen LogP contribution in [0.1, 0.15) is 32.6 Å². The number of thioether (sulfide) groups is 1. The SMILES string of the molecule is Cc1cc(NC(=O)CS[C@@H]2c3ccccc3C(=O)N2Cc2ccccc2)no1. The van der Waals surface area contributed by atoms with Crippen LogP contribution in [-0.4, -0.2) is 27.6 Å². The van der Waals surface area contributed by atoms with Gasteiger partial charge in [-0.3, -0.25) is 9.59 Å². The Hall–Kier alpha value is -3.06. The lowest BCUT2D eigenvalue weighted by atomic mass is 10.1. The van der Waals surface area contributed by atoms with E-state index >= 15 is 0 Å². The number of fused-ring (bicyclic) bond motifs is 1. The molecule has 142 valence electrons. The number of nitrogens with zero attached hydrogens (tertiary/aromatic N) is 2. The average Bonchev–Trinajstić information content (AvgIpc) is 3.23. The summed E-state index contributed by atoms with van der Waals surface area (Å²) in [6.45, 7) is 2.26. The molecule has 0 saturated carbocycles. The van der Waals surface area contributed by atoms with Crippen molar-refractivity contribution in [1.29, 1.82) is 0 Å². The number of hydrogen-bond acceptors (Lipinski definition) is 5. The smallest absolute Gasteiger partial charge is 0.255 e. The van der Waals surface area contributed by atoms with Gasteiger partial charge in [0.15, 0.2) is 5.82 Å². The summed E-state index contributed by atoms with van der Waals surface area (Å²) in [6.07, 6.45) is 0. The number of amides is 2. The van der Waals surface area contributed by atoms with Crippen LogP contribution in [0, 0.1) is 6.92 Å². The van der Waals surface area contributed by atoms with E-state index in [-0.39, 0.29) is 22.9 Å². The molecule has 0 unspecified atom stereocenters. The molecular weight excluding hydrogens is 374 g/mol. The van der Waals surface area contributed by atoms with Crippen molar-refractivity contribution in [3.63, 3.8) is 0 Å². The lowest BCUT2D eigenvalue weighted by Crippen LogP contribution is -2.27. The Kier molecular flexibility index (Phi) is 5.16. The van der Waals surface area contributed by atoms with Crippen molar-refractivity contribution >= 4 is 29.4 Å². The van der Waals surface area contributed by atoms with Gasteiger partial charge in [0, 0.05) is 18.2 Å². The van der Waals surface area contributed by atoms with Gasteiger partial charge in [-0.25, -0.2) is 0 Å². The van der Waals surface area contributed by atoms with E-state index in [0.717, 1.165) is 11.1 Å². The van der Waals surface area contributed by atoms with Crippen LogP contribution >= 0.6 is 11.8 Å². The van der Waals surface area contributed by atoms with E-state index < -0.39 is 0 Å². The van der Waals surface area contributed by atoms with Gasteiger partial charge in [-0.2, -0.15) is 0 Å². The van der Waals surface area contributed by atoms with Gasteiger partial charge >= 0.3 is 0 Å². The molecular formula is C21H19N3O3S. The predicted molar refractivity (Wildman–Crippen MR) is 108 cm³/mol. The predicted octanol–water partition coefficient (Wildman–Crippen LogP) is 4.01. The first kappa shape index (κ1) is 18.3. The number of aromatic nitrogens is 1. The molecule has 0 bridgehead atoms. The van der Waals surface area contributed by atoms with Gasteiger partial charge in [0.1, 0.15) is 11.1 Å². The Morgan fingerprint density at radius 3 is 2.68 bits per heavy atom. The zero-order valence-electron chi connectivity index (χ0n) is 15.3. The molecule has 28 heavy (non-hydrogen) atoms. The highest BCUT2D eigenvalue weighted by atomic mass is 32.2. The van der Waals surface area contributed by atoms with E-state index in [1.165, 1.54) is 11.8 Å². The van der Waals surface area contributed by atoms with E-state index in [9.17, 15) is 9.59 Å². The van der Waals surface area contributed by atoms with E-state index in [1.54, 1.807) is 13.0 Å². The van der Waals surface area contributed by atoms with Crippen LogP contribution in [0.2, 0.25) is 0 Å². The Balaban J connectivity index is 1.50. The molecule has 0 spiro atoms. The second-order valence-corrected chi connectivity index (χ2v) is 7.61. The molecule has 1 N–H and O–H groups in total. The Morgan fingerprint density at radius 2 is 1.93 bits per heavy atom. The van der Waals surface area contributed by atoms with E-state index in [2.05, 4.69) is 10.5 Å². The van der Waals surface area contributed by atoms with Crippen LogP contribution in [0.15, 0.2) is 65.2 Å². The van der Waals surface area contributed by atoms with E-state index in [1.807, 2.05) is 59.5 Å². The maximum absolute atomic E-state index is 12.9. The molecule has 0 fully saturated rings. The molecule has 7 heteroatoms. The van der Waals surface area contributed by atoms with Crippen LogP contribution in [0.5, 0.6) is 0 Å². The lowest BCUT2D eigenvalue weighted by Gasteiger charge is -2.25. The molecule has 1 aromatic heterocycles. The molecule has 1 atom stereocenters. The first-order valence-electron chi connectivity index (χ1n) is 8.90. The van der Waals surface area contributed by atoms with Crippen molar-refractivity contribution in [3.05, 3.63) is 83.1 Å². The van der Waals surface area contributed by atoms with E-state index in [4.69, 9.17) is 4.52 Å². The van der Waals surface area contributed by atoms with Gasteiger partial charge in [0.25, 0.3) is 5.91 Å². The fraction of sp³-hybridized carbons (Fsp3) is 0.190. The van der Waals surface area contributed by atoms with Crippen molar-refractivity contribution < 1.29 is 14.1 Å². The van der Waals surface area contributed by atoms with Crippen molar-refractivity contribution in [1.82, 2.24) is 10.1 Å². The molecule has 1 aliphatic heterocycles. The highest BCUT2D eigenvalue weighted by molar-refractivity contribution is 8.00. The third kappa shape index (κ3) is 3.80. The number of carbonyl (C=O) groups excluding carboxylic acids is 2. The molecule has 2 aromatic carbocycles. The summed E-state index contributed by atoms with van der Waals surface area (Å²) in [4.78, 5) is 27.1. The summed E-state index contributed by atoms with van der Waals surface area (Å²) in [5.41, 5.74) is 2.69. The first-order chi connectivity index (χ1) is 13.6. The molecule has 0 saturated heterocycles. The quantitative estimate of drug-likeness (QED) is 0.685. The zero-order valence-corrected chi connectivity index (χ0v) is 16.1. The maximum atomic E-state index is 12.9. The molecule has 2 amide bonds. The summed E-state index contributed by atoms with van der Waals surface area (Å²) >= 11 is 1.43. The standard InChI is InChI=1S/C21H19N3O3S/c1-14-11-18(23-27-14)22-19(25)13-28-21-17-10-6-5-9-16(17)20(26)24(21)12-15-7-3-2-4-8-15/h2-11,21H,12-13H2,1H3,(H,22,23,25)/t21-/m1/s1. The monoisotopic (exact) mass is 393 g/mol. The van der Waals surface area contributed by atoms with Gasteiger partial charge in [-0.15, -0.1) is 11.8 Å². The van der Waals surface area contributed by atoms with Crippen LogP contribution < -0.4 is 5.32 Å². The minimum Gasteiger partial charge on any atom is -0.360 e. The molecule has 2 heterocycles. The van der Waals surface area contributed by atoms with Crippen molar-refractivity contribution in [2.75, 3.05) is 11.1 Å². The minimum absolute atomic E-state index is 0.00973. The minimum atomic E-state index is -0.214. The van der Waals surface area contributed by atoms with Crippen molar-refractivity contribution in [2.24, 2.45) is 0 Å². The molecule has 3 aromatic rings. The lowest BCUT2D eigenvalue weighted by molar-refractivity contribution is -0.113. The van der Waals surface area contributed by atoms with E-state index in [0.29, 0.717) is 23.7 Å². The van der Waals surface area contributed by atoms with Gasteiger partial charge < -0.3 is 14.7 Å². The number of carbonyl (C=O) groups is 2. The molecule has 4 rings (SSSR count). The van der Waals surface area contributed by atoms with Crippen molar-refractivity contribution in [3.8, 4) is 0 Å². The summed E-state index contributed by atoms with van der Waals surface area (Å²) in [6, 6.07) is 19.1. The van der Waals surface area contributed by atoms with Gasteiger partial charge in [-0.05, 0) is 24.1 Å². The van der Waals surface area contributed by atoms with Crippen LogP contribution in [0.3, 0.4) is 0 Å². The van der Waals surface area contributed by atoms with Crippen molar-refractivity contribution in [2.45, 2.75) is 18.8 Å². The number of anilines is 1. The number of nitrogens with one attached hydrogen (secondary N) is 1. The highest BCUT2D eigenvalue weighted by Crippen LogP contribution is 2.42. The third-order valence-corrected chi connectivity index (χ3v) is 5.72. The molecule has 6 nitrogen and oxygen atoms in total. The summed E-state index contributed by atoms with van der Waals surface area (Å²) in [5, 5.41) is 6.28. The number of benzene rings is 2. The first-order valence-corrected chi connectivity index (χ1v) is 9.95. The Labute approximate surface area is 166 Å².